The van der Waals surface area contributed by atoms with Crippen LogP contribution in [0, 0.1) is 5.92 Å². The standard InChI is InChI=1S/C38H43ClF3N7O4/c1-47-22-30(29-20-43-46-35(29)37(47)52)25-2-3-26(33(18-25)53-38(40,41)42)21-49-14-9-23(10-15-49)8-13-48-16-11-24(12-17-48)28-5-4-27(19-31(28)39)44-32-6-7-34(50)45-36(32)51/h2-5,18-20,22-24,32,44H,6-17,21H2,1H3,(H,43,46)(H,45,50,51). The van der Waals surface area contributed by atoms with Crippen LogP contribution in [0.2, 0.25) is 5.02 Å². The summed E-state index contributed by atoms with van der Waals surface area (Å²) in [4.78, 5) is 40.8. The van der Waals surface area contributed by atoms with E-state index in [4.69, 9.17) is 11.6 Å². The Morgan fingerprint density at radius 3 is 2.45 bits per heavy atom. The van der Waals surface area contributed by atoms with Crippen LogP contribution in [0.25, 0.3) is 22.0 Å². The summed E-state index contributed by atoms with van der Waals surface area (Å²) >= 11 is 6.71. The van der Waals surface area contributed by atoms with Crippen LogP contribution in [0.4, 0.5) is 18.9 Å². The number of benzene rings is 2. The Kier molecular flexibility index (Phi) is 10.8. The van der Waals surface area contributed by atoms with E-state index in [1.54, 1.807) is 25.4 Å². The molecule has 4 aromatic rings. The zero-order valence-electron chi connectivity index (χ0n) is 29.5. The van der Waals surface area contributed by atoms with Crippen LogP contribution in [-0.4, -0.2) is 81.5 Å². The summed E-state index contributed by atoms with van der Waals surface area (Å²) in [5.74, 6) is 0.114. The third-order valence-electron chi connectivity index (χ3n) is 11.0. The number of pyridine rings is 1. The molecule has 7 rings (SSSR count). The summed E-state index contributed by atoms with van der Waals surface area (Å²) in [5, 5.41) is 13.4. The summed E-state index contributed by atoms with van der Waals surface area (Å²) in [6.45, 7) is 4.92. The van der Waals surface area contributed by atoms with E-state index in [1.165, 1.54) is 16.8 Å². The number of piperidine rings is 3. The topological polar surface area (TPSA) is 125 Å². The molecule has 282 valence electrons. The SMILES string of the molecule is Cn1cc(-c2ccc(CN3CCC(CCN4CCC(c5ccc(NC6CCC(=O)NC6=O)cc5Cl)CC4)CC3)c(OC(F)(F)F)c2)c2cn[nH]c2c1=O. The van der Waals surface area contributed by atoms with Crippen LogP contribution in [-0.2, 0) is 23.2 Å². The molecular weight excluding hydrogens is 711 g/mol. The minimum Gasteiger partial charge on any atom is -0.405 e. The number of alkyl halides is 3. The lowest BCUT2D eigenvalue weighted by Crippen LogP contribution is -2.47. The summed E-state index contributed by atoms with van der Waals surface area (Å²) in [5.41, 5.74) is 3.44. The molecule has 3 N–H and O–H groups in total. The highest BCUT2D eigenvalue weighted by Gasteiger charge is 2.33. The highest BCUT2D eigenvalue weighted by molar-refractivity contribution is 6.31. The van der Waals surface area contributed by atoms with Gasteiger partial charge in [-0.3, -0.25) is 29.7 Å². The maximum absolute atomic E-state index is 13.5. The van der Waals surface area contributed by atoms with E-state index in [0.29, 0.717) is 58.3 Å². The van der Waals surface area contributed by atoms with Gasteiger partial charge in [0.15, 0.2) is 0 Å². The van der Waals surface area contributed by atoms with Crippen molar-refractivity contribution in [1.82, 2.24) is 29.9 Å². The minimum atomic E-state index is -4.85. The Labute approximate surface area is 309 Å². The van der Waals surface area contributed by atoms with Crippen LogP contribution in [0.15, 0.2) is 53.6 Å². The van der Waals surface area contributed by atoms with Crippen molar-refractivity contribution in [2.24, 2.45) is 13.0 Å². The fraction of sp³-hybridized carbons (Fsp3) is 0.474. The molecule has 1 atom stereocenters. The van der Waals surface area contributed by atoms with Gasteiger partial charge in [0.2, 0.25) is 11.8 Å². The van der Waals surface area contributed by atoms with Crippen molar-refractivity contribution in [3.8, 4) is 16.9 Å². The number of H-pyrrole nitrogens is 1. The number of likely N-dealkylation sites (tertiary alicyclic amines) is 2. The molecule has 0 saturated carbocycles. The zero-order valence-corrected chi connectivity index (χ0v) is 30.2. The number of halogens is 4. The third-order valence-corrected chi connectivity index (χ3v) is 11.3. The van der Waals surface area contributed by atoms with Gasteiger partial charge in [0, 0.05) is 53.4 Å². The second-order valence-corrected chi connectivity index (χ2v) is 14.9. The summed E-state index contributed by atoms with van der Waals surface area (Å²) in [6, 6.07) is 10.3. The molecule has 1 unspecified atom stereocenters. The number of imide groups is 1. The van der Waals surface area contributed by atoms with Gasteiger partial charge in [-0.1, -0.05) is 29.8 Å². The predicted octanol–water partition coefficient (Wildman–Crippen LogP) is 6.18. The molecule has 2 aromatic carbocycles. The van der Waals surface area contributed by atoms with Crippen molar-refractivity contribution in [1.29, 1.82) is 0 Å². The molecule has 15 heteroatoms. The molecule has 2 aromatic heterocycles. The second kappa shape index (κ2) is 15.5. The van der Waals surface area contributed by atoms with E-state index < -0.39 is 12.4 Å². The Bertz CT molecular complexity index is 2030. The molecule has 0 aliphatic carbocycles. The first-order valence-corrected chi connectivity index (χ1v) is 18.5. The molecule has 0 bridgehead atoms. The Morgan fingerprint density at radius 2 is 1.74 bits per heavy atom. The van der Waals surface area contributed by atoms with Gasteiger partial charge in [-0.25, -0.2) is 0 Å². The summed E-state index contributed by atoms with van der Waals surface area (Å²) in [6.07, 6.45) is 4.08. The molecule has 0 spiro atoms. The van der Waals surface area contributed by atoms with E-state index in [0.717, 1.165) is 76.1 Å². The molecule has 3 saturated heterocycles. The number of nitrogens with one attached hydrogen (secondary N) is 3. The van der Waals surface area contributed by atoms with Crippen molar-refractivity contribution in [2.45, 2.75) is 69.8 Å². The monoisotopic (exact) mass is 753 g/mol. The maximum Gasteiger partial charge on any atom is 0.573 e. The van der Waals surface area contributed by atoms with Crippen molar-refractivity contribution in [3.63, 3.8) is 0 Å². The largest absolute Gasteiger partial charge is 0.573 e. The molecule has 3 aliphatic rings. The van der Waals surface area contributed by atoms with Gasteiger partial charge in [0.25, 0.3) is 5.56 Å². The third kappa shape index (κ3) is 8.71. The van der Waals surface area contributed by atoms with Crippen LogP contribution in [0.5, 0.6) is 5.75 Å². The Balaban J connectivity index is 0.890. The maximum atomic E-state index is 13.5. The van der Waals surface area contributed by atoms with Crippen molar-refractivity contribution in [2.75, 3.05) is 38.0 Å². The zero-order chi connectivity index (χ0) is 37.3. The second-order valence-electron chi connectivity index (χ2n) is 14.5. The van der Waals surface area contributed by atoms with Gasteiger partial charge in [-0.2, -0.15) is 5.10 Å². The van der Waals surface area contributed by atoms with Gasteiger partial charge in [0.05, 0.1) is 6.20 Å². The van der Waals surface area contributed by atoms with Crippen LogP contribution in [0.3, 0.4) is 0 Å². The number of aromatic amines is 1. The number of aryl methyl sites for hydroxylation is 1. The molecular formula is C38H43ClF3N7O4. The first kappa shape index (κ1) is 36.9. The first-order valence-electron chi connectivity index (χ1n) is 18.2. The van der Waals surface area contributed by atoms with E-state index in [-0.39, 0.29) is 28.6 Å². The highest BCUT2D eigenvalue weighted by Crippen LogP contribution is 2.37. The van der Waals surface area contributed by atoms with Crippen molar-refractivity contribution >= 4 is 40.0 Å². The lowest BCUT2D eigenvalue weighted by molar-refractivity contribution is -0.275. The molecule has 3 aliphatic heterocycles. The quantitative estimate of drug-likeness (QED) is 0.164. The van der Waals surface area contributed by atoms with Gasteiger partial charge < -0.3 is 19.5 Å². The average molecular weight is 754 g/mol. The smallest absolute Gasteiger partial charge is 0.405 e. The molecule has 0 radical (unpaired) electrons. The summed E-state index contributed by atoms with van der Waals surface area (Å²) in [7, 11) is 1.59. The number of hydrogen-bond donors (Lipinski definition) is 3. The van der Waals surface area contributed by atoms with Gasteiger partial charge in [-0.15, -0.1) is 13.2 Å². The fourth-order valence-corrected chi connectivity index (χ4v) is 8.28. The van der Waals surface area contributed by atoms with E-state index in [1.807, 2.05) is 18.2 Å². The number of amides is 2. The van der Waals surface area contributed by atoms with Crippen LogP contribution >= 0.6 is 11.6 Å². The molecule has 3 fully saturated rings. The summed E-state index contributed by atoms with van der Waals surface area (Å²) < 4.78 is 46.6. The van der Waals surface area contributed by atoms with E-state index >= 15 is 0 Å². The fourth-order valence-electron chi connectivity index (χ4n) is 7.94. The van der Waals surface area contributed by atoms with Gasteiger partial charge in [-0.05, 0) is 112 Å². The number of rotatable bonds is 10. The number of fused-ring (bicyclic) bond motifs is 1. The van der Waals surface area contributed by atoms with Crippen LogP contribution in [0.1, 0.15) is 62.0 Å². The lowest BCUT2D eigenvalue weighted by atomic mass is 9.88. The number of nitrogens with zero attached hydrogens (tertiary/aromatic N) is 4. The molecule has 53 heavy (non-hydrogen) atoms. The normalized spacial score (nSPS) is 19.8. The Hall–Kier alpha value is -4.40. The van der Waals surface area contributed by atoms with Gasteiger partial charge >= 0.3 is 6.36 Å². The molecule has 5 heterocycles. The number of aromatic nitrogens is 3. The number of ether oxygens (including phenoxy) is 1. The first-order chi connectivity index (χ1) is 25.4. The predicted molar refractivity (Wildman–Crippen MR) is 196 cm³/mol. The Morgan fingerprint density at radius 1 is 0.981 bits per heavy atom. The number of hydrogen-bond acceptors (Lipinski definition) is 8. The van der Waals surface area contributed by atoms with Crippen LogP contribution < -0.4 is 20.9 Å². The number of anilines is 1. The lowest BCUT2D eigenvalue weighted by Gasteiger charge is -2.36. The molecule has 2 amide bonds. The minimum absolute atomic E-state index is 0.243. The van der Waals surface area contributed by atoms with Crippen molar-refractivity contribution in [3.05, 3.63) is 75.3 Å². The van der Waals surface area contributed by atoms with Crippen molar-refractivity contribution < 1.29 is 27.5 Å². The molecule has 11 nitrogen and oxygen atoms in total. The van der Waals surface area contributed by atoms with E-state index in [9.17, 15) is 27.6 Å². The van der Waals surface area contributed by atoms with E-state index in [2.05, 4.69) is 35.4 Å². The average Bonchev–Trinajstić information content (AvgIpc) is 3.62. The number of carbonyl (C=O) groups is 2. The highest BCUT2D eigenvalue weighted by atomic mass is 35.5. The number of carbonyl (C=O) groups excluding carboxylic acids is 2. The van der Waals surface area contributed by atoms with Gasteiger partial charge in [0.1, 0.15) is 17.3 Å².